The minimum Gasteiger partial charge on any atom is -0.454 e. The average molecular weight is 394 g/mol. The van der Waals surface area contributed by atoms with Gasteiger partial charge >= 0.3 is 0 Å². The van der Waals surface area contributed by atoms with E-state index in [2.05, 4.69) is 15.4 Å². The van der Waals surface area contributed by atoms with Gasteiger partial charge in [-0.05, 0) is 31.0 Å². The SMILES string of the molecule is O=C(Nc1nc(-c2cc3ccccc3o2)cs1)c1ccn(C2CCOCC2)n1. The third-order valence-corrected chi connectivity index (χ3v) is 5.57. The molecule has 1 aliphatic heterocycles. The number of hydrogen-bond donors (Lipinski definition) is 1. The average Bonchev–Trinajstić information content (AvgIpc) is 3.47. The van der Waals surface area contributed by atoms with Crippen molar-refractivity contribution in [2.75, 3.05) is 18.5 Å². The lowest BCUT2D eigenvalue weighted by Crippen LogP contribution is -2.21. The number of fused-ring (bicyclic) bond motifs is 1. The molecule has 1 aliphatic rings. The molecule has 28 heavy (non-hydrogen) atoms. The van der Waals surface area contributed by atoms with E-state index in [1.807, 2.05) is 46.6 Å². The molecule has 7 nitrogen and oxygen atoms in total. The lowest BCUT2D eigenvalue weighted by Gasteiger charge is -2.22. The number of ether oxygens (including phenoxy) is 1. The van der Waals surface area contributed by atoms with Gasteiger partial charge in [0.05, 0.1) is 6.04 Å². The Hall–Kier alpha value is -2.97. The zero-order valence-corrected chi connectivity index (χ0v) is 15.8. The van der Waals surface area contributed by atoms with E-state index >= 15 is 0 Å². The highest BCUT2D eigenvalue weighted by Gasteiger charge is 2.19. The summed E-state index contributed by atoms with van der Waals surface area (Å²) in [6.45, 7) is 1.46. The second-order valence-electron chi connectivity index (χ2n) is 6.67. The van der Waals surface area contributed by atoms with Crippen molar-refractivity contribution < 1.29 is 13.9 Å². The first kappa shape index (κ1) is 17.2. The Morgan fingerprint density at radius 2 is 2.07 bits per heavy atom. The Morgan fingerprint density at radius 1 is 1.21 bits per heavy atom. The molecule has 0 unspecified atom stereocenters. The van der Waals surface area contributed by atoms with Gasteiger partial charge in [0.1, 0.15) is 11.3 Å². The Kier molecular flexibility index (Phi) is 4.42. The Labute approximate surface area is 164 Å². The molecule has 1 saturated heterocycles. The predicted octanol–water partition coefficient (Wildman–Crippen LogP) is 4.36. The van der Waals surface area contributed by atoms with Gasteiger partial charge in [-0.1, -0.05) is 18.2 Å². The summed E-state index contributed by atoms with van der Waals surface area (Å²) in [6, 6.07) is 11.8. The van der Waals surface area contributed by atoms with Gasteiger partial charge in [0.2, 0.25) is 0 Å². The molecule has 1 fully saturated rings. The first-order chi connectivity index (χ1) is 13.8. The summed E-state index contributed by atoms with van der Waals surface area (Å²) in [7, 11) is 0. The van der Waals surface area contributed by atoms with Crippen LogP contribution in [0.5, 0.6) is 0 Å². The normalized spacial score (nSPS) is 15.1. The molecule has 1 amide bonds. The van der Waals surface area contributed by atoms with Crippen LogP contribution in [-0.4, -0.2) is 33.9 Å². The highest BCUT2D eigenvalue weighted by molar-refractivity contribution is 7.14. The van der Waals surface area contributed by atoms with E-state index in [4.69, 9.17) is 9.15 Å². The second kappa shape index (κ2) is 7.21. The van der Waals surface area contributed by atoms with Gasteiger partial charge in [0.15, 0.2) is 16.6 Å². The van der Waals surface area contributed by atoms with Gasteiger partial charge < -0.3 is 9.15 Å². The molecular weight excluding hydrogens is 376 g/mol. The van der Waals surface area contributed by atoms with Crippen LogP contribution in [0.15, 0.2) is 52.4 Å². The quantitative estimate of drug-likeness (QED) is 0.556. The van der Waals surface area contributed by atoms with Crippen LogP contribution in [0.4, 0.5) is 5.13 Å². The highest BCUT2D eigenvalue weighted by Crippen LogP contribution is 2.30. The molecule has 0 aliphatic carbocycles. The number of anilines is 1. The van der Waals surface area contributed by atoms with Crippen LogP contribution in [0.1, 0.15) is 29.4 Å². The number of rotatable bonds is 4. The van der Waals surface area contributed by atoms with E-state index in [0.717, 1.165) is 37.0 Å². The molecule has 4 aromatic rings. The van der Waals surface area contributed by atoms with Crippen molar-refractivity contribution in [3.63, 3.8) is 0 Å². The number of thiazole rings is 1. The summed E-state index contributed by atoms with van der Waals surface area (Å²) < 4.78 is 13.1. The van der Waals surface area contributed by atoms with E-state index in [9.17, 15) is 4.79 Å². The van der Waals surface area contributed by atoms with Gasteiger partial charge in [-0.25, -0.2) is 4.98 Å². The number of nitrogens with one attached hydrogen (secondary N) is 1. The van der Waals surface area contributed by atoms with Gasteiger partial charge in [0, 0.05) is 30.2 Å². The molecule has 3 aromatic heterocycles. The third kappa shape index (κ3) is 3.32. The number of amides is 1. The highest BCUT2D eigenvalue weighted by atomic mass is 32.1. The van der Waals surface area contributed by atoms with E-state index in [-0.39, 0.29) is 11.9 Å². The van der Waals surface area contributed by atoms with Crippen molar-refractivity contribution in [2.45, 2.75) is 18.9 Å². The zero-order valence-electron chi connectivity index (χ0n) is 15.0. The number of nitrogens with zero attached hydrogens (tertiary/aromatic N) is 3. The van der Waals surface area contributed by atoms with Crippen LogP contribution >= 0.6 is 11.3 Å². The number of benzene rings is 1. The summed E-state index contributed by atoms with van der Waals surface area (Å²) in [5.74, 6) is 0.415. The summed E-state index contributed by atoms with van der Waals surface area (Å²) in [4.78, 5) is 17.0. The Morgan fingerprint density at radius 3 is 2.93 bits per heavy atom. The van der Waals surface area contributed by atoms with Crippen molar-refractivity contribution in [1.29, 1.82) is 0 Å². The molecule has 0 spiro atoms. The number of para-hydroxylation sites is 1. The number of furan rings is 1. The van der Waals surface area contributed by atoms with Crippen LogP contribution < -0.4 is 5.32 Å². The topological polar surface area (TPSA) is 82.2 Å². The van der Waals surface area contributed by atoms with Crippen LogP contribution in [0, 0.1) is 0 Å². The number of carbonyl (C=O) groups is 1. The van der Waals surface area contributed by atoms with Crippen molar-refractivity contribution in [1.82, 2.24) is 14.8 Å². The van der Waals surface area contributed by atoms with Gasteiger partial charge in [-0.15, -0.1) is 11.3 Å². The first-order valence-corrected chi connectivity index (χ1v) is 10.0. The first-order valence-electron chi connectivity index (χ1n) is 9.15. The maximum absolute atomic E-state index is 12.5. The number of aromatic nitrogens is 3. The van der Waals surface area contributed by atoms with Crippen LogP contribution in [0.2, 0.25) is 0 Å². The standard InChI is InChI=1S/C20H18N4O3S/c25-19(15-5-8-24(23-15)14-6-9-26-10-7-14)22-20-21-16(12-28-20)18-11-13-3-1-2-4-17(13)27-18/h1-5,8,11-12,14H,6-7,9-10H2,(H,21,22,25). The van der Waals surface area contributed by atoms with Crippen molar-refractivity contribution in [3.05, 3.63) is 53.7 Å². The monoisotopic (exact) mass is 394 g/mol. The predicted molar refractivity (Wildman–Crippen MR) is 107 cm³/mol. The Balaban J connectivity index is 1.30. The fourth-order valence-corrected chi connectivity index (χ4v) is 4.02. The molecule has 8 heteroatoms. The molecule has 0 bridgehead atoms. The summed E-state index contributed by atoms with van der Waals surface area (Å²) in [5.41, 5.74) is 1.89. The second-order valence-corrected chi connectivity index (χ2v) is 7.52. The molecule has 1 aromatic carbocycles. The molecule has 0 saturated carbocycles. The zero-order chi connectivity index (χ0) is 18.9. The van der Waals surface area contributed by atoms with E-state index < -0.39 is 0 Å². The molecule has 4 heterocycles. The van der Waals surface area contributed by atoms with E-state index in [1.165, 1.54) is 11.3 Å². The minimum atomic E-state index is -0.267. The van der Waals surface area contributed by atoms with Crippen LogP contribution in [0.3, 0.4) is 0 Å². The summed E-state index contributed by atoms with van der Waals surface area (Å²) in [6.07, 6.45) is 3.68. The third-order valence-electron chi connectivity index (χ3n) is 4.81. The molecule has 142 valence electrons. The fourth-order valence-electron chi connectivity index (χ4n) is 3.33. The van der Waals surface area contributed by atoms with Crippen LogP contribution in [0.25, 0.3) is 22.4 Å². The van der Waals surface area contributed by atoms with Gasteiger partial charge in [-0.2, -0.15) is 5.10 Å². The Bertz CT molecular complexity index is 1090. The molecule has 0 radical (unpaired) electrons. The minimum absolute atomic E-state index is 0.267. The van der Waals surface area contributed by atoms with Crippen molar-refractivity contribution in [3.8, 4) is 11.5 Å². The largest absolute Gasteiger partial charge is 0.454 e. The van der Waals surface area contributed by atoms with E-state index in [0.29, 0.717) is 22.3 Å². The lowest BCUT2D eigenvalue weighted by atomic mass is 10.1. The van der Waals surface area contributed by atoms with Crippen molar-refractivity contribution in [2.24, 2.45) is 0 Å². The summed E-state index contributed by atoms with van der Waals surface area (Å²) in [5, 5.41) is 10.7. The van der Waals surface area contributed by atoms with Crippen LogP contribution in [-0.2, 0) is 4.74 Å². The molecule has 1 N–H and O–H groups in total. The fraction of sp³-hybridized carbons (Fsp3) is 0.250. The maximum Gasteiger partial charge on any atom is 0.277 e. The van der Waals surface area contributed by atoms with E-state index in [1.54, 1.807) is 6.07 Å². The van der Waals surface area contributed by atoms with Crippen molar-refractivity contribution >= 4 is 33.3 Å². The molecule has 0 atom stereocenters. The smallest absolute Gasteiger partial charge is 0.277 e. The number of hydrogen-bond acceptors (Lipinski definition) is 6. The van der Waals surface area contributed by atoms with Gasteiger partial charge in [0.25, 0.3) is 5.91 Å². The lowest BCUT2D eigenvalue weighted by molar-refractivity contribution is 0.0661. The van der Waals surface area contributed by atoms with Gasteiger partial charge in [-0.3, -0.25) is 14.8 Å². The summed E-state index contributed by atoms with van der Waals surface area (Å²) >= 11 is 1.36. The maximum atomic E-state index is 12.5. The molecule has 5 rings (SSSR count). The molecular formula is C20H18N4O3S. The number of carbonyl (C=O) groups excluding carboxylic acids is 1.